The highest BCUT2D eigenvalue weighted by Crippen LogP contribution is 2.38. The first-order valence-corrected chi connectivity index (χ1v) is 6.44. The number of ether oxygens (including phenoxy) is 1. The molecule has 1 amide bonds. The van der Waals surface area contributed by atoms with Gasteiger partial charge in [0.15, 0.2) is 0 Å². The van der Waals surface area contributed by atoms with Crippen molar-refractivity contribution in [1.82, 2.24) is 0 Å². The van der Waals surface area contributed by atoms with Gasteiger partial charge in [0.25, 0.3) is 0 Å². The van der Waals surface area contributed by atoms with Crippen molar-refractivity contribution in [2.24, 2.45) is 0 Å². The molecule has 1 saturated heterocycles. The number of hydrogen-bond donors (Lipinski definition) is 0. The van der Waals surface area contributed by atoms with E-state index in [0.29, 0.717) is 12.8 Å². The molecule has 0 unspecified atom stereocenters. The molecule has 2 rings (SSSR count). The van der Waals surface area contributed by atoms with E-state index >= 15 is 0 Å². The number of hydrogen-bond acceptors (Lipinski definition) is 3. The van der Waals surface area contributed by atoms with Crippen molar-refractivity contribution in [1.29, 1.82) is 0 Å². The topological polar surface area (TPSA) is 46.6 Å². The van der Waals surface area contributed by atoms with E-state index in [1.807, 2.05) is 0 Å². The van der Waals surface area contributed by atoms with Gasteiger partial charge in [0.05, 0.1) is 23.9 Å². The number of esters is 1. The van der Waals surface area contributed by atoms with Crippen molar-refractivity contribution >= 4 is 17.6 Å². The summed E-state index contributed by atoms with van der Waals surface area (Å²) in [5, 5.41) is 0. The number of rotatable bonds is 2. The molecule has 1 aromatic carbocycles. The van der Waals surface area contributed by atoms with Gasteiger partial charge in [-0.05, 0) is 31.0 Å². The third-order valence-electron chi connectivity index (χ3n) is 3.34. The minimum atomic E-state index is -4.66. The van der Waals surface area contributed by atoms with Crippen LogP contribution in [0.2, 0.25) is 0 Å². The van der Waals surface area contributed by atoms with Crippen LogP contribution >= 0.6 is 0 Å². The Bertz CT molecular complexity index is 569. The third kappa shape index (κ3) is 3.17. The number of carbonyl (C=O) groups is 2. The van der Waals surface area contributed by atoms with Crippen molar-refractivity contribution in [2.75, 3.05) is 18.6 Å². The summed E-state index contributed by atoms with van der Waals surface area (Å²) in [6, 6.07) is 3.11. The van der Waals surface area contributed by atoms with Crippen molar-refractivity contribution < 1.29 is 27.5 Å². The molecule has 1 aromatic rings. The highest BCUT2D eigenvalue weighted by Gasteiger charge is 2.37. The normalized spacial score (nSPS) is 16.0. The summed E-state index contributed by atoms with van der Waals surface area (Å²) < 4.78 is 44.0. The minimum Gasteiger partial charge on any atom is -0.465 e. The lowest BCUT2D eigenvalue weighted by atomic mass is 10.0. The zero-order valence-electron chi connectivity index (χ0n) is 11.4. The molecule has 21 heavy (non-hydrogen) atoms. The molecule has 7 heteroatoms. The van der Waals surface area contributed by atoms with E-state index in [-0.39, 0.29) is 30.1 Å². The fourth-order valence-corrected chi connectivity index (χ4v) is 2.30. The molecule has 0 saturated carbocycles. The number of amides is 1. The maximum atomic E-state index is 13.2. The molecule has 0 aliphatic carbocycles. The number of nitrogens with zero attached hydrogens (tertiary/aromatic N) is 1. The SMILES string of the molecule is COC(=O)c1ccc(N2CCCCC2=O)c(C(F)(F)F)c1. The van der Waals surface area contributed by atoms with Gasteiger partial charge in [-0.15, -0.1) is 0 Å². The lowest BCUT2D eigenvalue weighted by Crippen LogP contribution is -2.36. The van der Waals surface area contributed by atoms with E-state index in [1.54, 1.807) is 0 Å². The van der Waals surface area contributed by atoms with Gasteiger partial charge in [0.2, 0.25) is 5.91 Å². The first-order chi connectivity index (χ1) is 9.84. The second-order valence-corrected chi connectivity index (χ2v) is 4.72. The van der Waals surface area contributed by atoms with Gasteiger partial charge in [-0.25, -0.2) is 4.79 Å². The van der Waals surface area contributed by atoms with Crippen molar-refractivity contribution in [3.05, 3.63) is 29.3 Å². The summed E-state index contributed by atoms with van der Waals surface area (Å²) >= 11 is 0. The Morgan fingerprint density at radius 3 is 2.57 bits per heavy atom. The van der Waals surface area contributed by atoms with E-state index in [9.17, 15) is 22.8 Å². The number of piperidine rings is 1. The second kappa shape index (κ2) is 5.75. The predicted octanol–water partition coefficient (Wildman–Crippen LogP) is 3.01. The number of methoxy groups -OCH3 is 1. The number of benzene rings is 1. The monoisotopic (exact) mass is 301 g/mol. The molecule has 0 aromatic heterocycles. The Labute approximate surface area is 119 Å². The van der Waals surface area contributed by atoms with Gasteiger partial charge < -0.3 is 9.64 Å². The largest absolute Gasteiger partial charge is 0.465 e. The van der Waals surface area contributed by atoms with E-state index in [1.165, 1.54) is 6.07 Å². The minimum absolute atomic E-state index is 0.196. The lowest BCUT2D eigenvalue weighted by Gasteiger charge is -2.29. The van der Waals surface area contributed by atoms with Crippen LogP contribution in [0, 0.1) is 0 Å². The molecule has 0 atom stereocenters. The summed E-state index contributed by atoms with van der Waals surface area (Å²) in [5.41, 5.74) is -1.40. The molecule has 1 aliphatic heterocycles. The summed E-state index contributed by atoms with van der Waals surface area (Å²) in [6.45, 7) is 0.249. The summed E-state index contributed by atoms with van der Waals surface area (Å²) in [6.07, 6.45) is -3.09. The molecule has 1 heterocycles. The maximum Gasteiger partial charge on any atom is 0.418 e. The maximum absolute atomic E-state index is 13.2. The third-order valence-corrected chi connectivity index (χ3v) is 3.34. The number of anilines is 1. The van der Waals surface area contributed by atoms with E-state index in [0.717, 1.165) is 24.1 Å². The van der Waals surface area contributed by atoms with E-state index in [4.69, 9.17) is 0 Å². The second-order valence-electron chi connectivity index (χ2n) is 4.72. The molecule has 0 spiro atoms. The number of alkyl halides is 3. The van der Waals surface area contributed by atoms with Gasteiger partial charge in [0.1, 0.15) is 0 Å². The van der Waals surface area contributed by atoms with Crippen LogP contribution in [0.3, 0.4) is 0 Å². The van der Waals surface area contributed by atoms with Crippen LogP contribution in [0.1, 0.15) is 35.2 Å². The molecule has 114 valence electrons. The summed E-state index contributed by atoms with van der Waals surface area (Å²) in [7, 11) is 1.09. The first-order valence-electron chi connectivity index (χ1n) is 6.44. The van der Waals surface area contributed by atoms with Crippen LogP contribution in [0.15, 0.2) is 18.2 Å². The fraction of sp³-hybridized carbons (Fsp3) is 0.429. The van der Waals surface area contributed by atoms with Crippen LogP contribution in [-0.4, -0.2) is 25.5 Å². The van der Waals surface area contributed by atoms with Crippen LogP contribution in [0.25, 0.3) is 0 Å². The van der Waals surface area contributed by atoms with Gasteiger partial charge in [-0.3, -0.25) is 4.79 Å². The number of halogens is 3. The van der Waals surface area contributed by atoms with Crippen LogP contribution in [0.5, 0.6) is 0 Å². The van der Waals surface area contributed by atoms with Crippen molar-refractivity contribution in [3.8, 4) is 0 Å². The standard InChI is InChI=1S/C14H14F3NO3/c1-21-13(20)9-5-6-11(10(8-9)14(15,16)17)18-7-3-2-4-12(18)19/h5-6,8H,2-4,7H2,1H3. The lowest BCUT2D eigenvalue weighted by molar-refractivity contribution is -0.137. The quantitative estimate of drug-likeness (QED) is 0.789. The average Bonchev–Trinajstić information content (AvgIpc) is 2.45. The van der Waals surface area contributed by atoms with Crippen LogP contribution in [0.4, 0.5) is 18.9 Å². The molecule has 1 aliphatic rings. The van der Waals surface area contributed by atoms with Gasteiger partial charge in [-0.2, -0.15) is 13.2 Å². The number of carbonyl (C=O) groups excluding carboxylic acids is 2. The molecule has 0 radical (unpaired) electrons. The smallest absolute Gasteiger partial charge is 0.418 e. The summed E-state index contributed by atoms with van der Waals surface area (Å²) in [4.78, 5) is 24.3. The van der Waals surface area contributed by atoms with Gasteiger partial charge in [-0.1, -0.05) is 0 Å². The molecule has 4 nitrogen and oxygen atoms in total. The molecular weight excluding hydrogens is 287 g/mol. The Morgan fingerprint density at radius 1 is 1.29 bits per heavy atom. The zero-order valence-corrected chi connectivity index (χ0v) is 11.4. The van der Waals surface area contributed by atoms with Crippen LogP contribution < -0.4 is 4.90 Å². The van der Waals surface area contributed by atoms with Crippen molar-refractivity contribution in [2.45, 2.75) is 25.4 Å². The summed E-state index contributed by atoms with van der Waals surface area (Å²) in [5.74, 6) is -1.19. The fourth-order valence-electron chi connectivity index (χ4n) is 2.30. The van der Waals surface area contributed by atoms with Gasteiger partial charge in [0, 0.05) is 13.0 Å². The first kappa shape index (κ1) is 15.3. The predicted molar refractivity (Wildman–Crippen MR) is 69.0 cm³/mol. The Balaban J connectivity index is 2.50. The Morgan fingerprint density at radius 2 is 2.00 bits per heavy atom. The molecular formula is C14H14F3NO3. The highest BCUT2D eigenvalue weighted by atomic mass is 19.4. The zero-order chi connectivity index (χ0) is 15.6. The van der Waals surface area contributed by atoms with Gasteiger partial charge >= 0.3 is 12.1 Å². The van der Waals surface area contributed by atoms with Crippen LogP contribution in [-0.2, 0) is 15.7 Å². The van der Waals surface area contributed by atoms with E-state index < -0.39 is 17.7 Å². The van der Waals surface area contributed by atoms with E-state index in [2.05, 4.69) is 4.74 Å². The highest BCUT2D eigenvalue weighted by molar-refractivity contribution is 5.96. The Kier molecular flexibility index (Phi) is 4.20. The average molecular weight is 301 g/mol. The Hall–Kier alpha value is -2.05. The molecule has 1 fully saturated rings. The molecule has 0 bridgehead atoms. The van der Waals surface area contributed by atoms with Crippen molar-refractivity contribution in [3.63, 3.8) is 0 Å². The molecule has 0 N–H and O–H groups in total.